The molecule has 74 valence electrons. The Morgan fingerprint density at radius 1 is 1.38 bits per heavy atom. The zero-order valence-electron chi connectivity index (χ0n) is 8.41. The van der Waals surface area contributed by atoms with E-state index in [0.717, 1.165) is 24.7 Å². The smallest absolute Gasteiger partial charge is 0.121 e. The largest absolute Gasteiger partial charge is 0.303 e. The fourth-order valence-corrected chi connectivity index (χ4v) is 3.06. The summed E-state index contributed by atoms with van der Waals surface area (Å²) in [4.78, 5) is 13.1. The molecule has 2 saturated heterocycles. The van der Waals surface area contributed by atoms with Crippen molar-refractivity contribution in [3.8, 4) is 0 Å². The van der Waals surface area contributed by atoms with E-state index < -0.39 is 0 Å². The molecule has 0 aliphatic carbocycles. The first-order valence-corrected chi connectivity index (χ1v) is 5.52. The Morgan fingerprint density at radius 3 is 3.00 bits per heavy atom. The second-order valence-electron chi connectivity index (χ2n) is 4.56. The van der Waals surface area contributed by atoms with Gasteiger partial charge in [0.2, 0.25) is 0 Å². The van der Waals surface area contributed by atoms with Gasteiger partial charge in [0.1, 0.15) is 6.29 Å². The molecule has 0 aromatic rings. The van der Waals surface area contributed by atoms with Crippen LogP contribution in [0.1, 0.15) is 39.0 Å². The molecule has 0 aromatic heterocycles. The number of aldehydes is 1. The lowest BCUT2D eigenvalue weighted by Crippen LogP contribution is -2.46. The second kappa shape index (κ2) is 3.79. The number of rotatable bonds is 2. The van der Waals surface area contributed by atoms with Crippen molar-refractivity contribution in [3.63, 3.8) is 0 Å². The molecule has 3 atom stereocenters. The zero-order valence-corrected chi connectivity index (χ0v) is 8.41. The van der Waals surface area contributed by atoms with Crippen molar-refractivity contribution in [2.75, 3.05) is 6.54 Å². The Labute approximate surface area is 80.3 Å². The Bertz CT molecular complexity index is 193. The standard InChI is InChI=1S/C11H19NO/c1-9-4-5-10(6-8-13)12-7-2-3-11(9)12/h8-11H,2-7H2,1H3/t9-,10+,11+/m1/s1. The van der Waals surface area contributed by atoms with Crippen LogP contribution in [0.15, 0.2) is 0 Å². The van der Waals surface area contributed by atoms with Crippen LogP contribution in [0.2, 0.25) is 0 Å². The number of nitrogens with zero attached hydrogens (tertiary/aromatic N) is 1. The molecule has 0 amide bonds. The predicted molar refractivity (Wildman–Crippen MR) is 52.6 cm³/mol. The number of carbonyl (C=O) groups excluding carboxylic acids is 1. The summed E-state index contributed by atoms with van der Waals surface area (Å²) in [5.41, 5.74) is 0. The van der Waals surface area contributed by atoms with Crippen molar-refractivity contribution < 1.29 is 4.79 Å². The molecular formula is C11H19NO. The molecule has 0 N–H and O–H groups in total. The van der Waals surface area contributed by atoms with Crippen LogP contribution in [0.4, 0.5) is 0 Å². The summed E-state index contributed by atoms with van der Waals surface area (Å²) in [6.45, 7) is 3.59. The molecule has 2 aliphatic rings. The zero-order chi connectivity index (χ0) is 9.26. The van der Waals surface area contributed by atoms with Gasteiger partial charge in [-0.2, -0.15) is 0 Å². The van der Waals surface area contributed by atoms with Crippen LogP contribution < -0.4 is 0 Å². The number of carbonyl (C=O) groups is 1. The maximum atomic E-state index is 10.5. The van der Waals surface area contributed by atoms with E-state index in [9.17, 15) is 4.79 Å². The van der Waals surface area contributed by atoms with E-state index >= 15 is 0 Å². The van der Waals surface area contributed by atoms with Crippen LogP contribution >= 0.6 is 0 Å². The number of hydrogen-bond acceptors (Lipinski definition) is 2. The topological polar surface area (TPSA) is 20.3 Å². The minimum atomic E-state index is 0.571. The van der Waals surface area contributed by atoms with Gasteiger partial charge in [-0.1, -0.05) is 6.92 Å². The Morgan fingerprint density at radius 2 is 2.23 bits per heavy atom. The summed E-state index contributed by atoms with van der Waals surface area (Å²) in [5, 5.41) is 0. The van der Waals surface area contributed by atoms with E-state index in [1.165, 1.54) is 32.2 Å². The third-order valence-corrected chi connectivity index (χ3v) is 3.79. The van der Waals surface area contributed by atoms with E-state index in [-0.39, 0.29) is 0 Å². The molecule has 0 spiro atoms. The highest BCUT2D eigenvalue weighted by atomic mass is 16.1. The van der Waals surface area contributed by atoms with Crippen LogP contribution in [-0.2, 0) is 4.79 Å². The molecule has 0 saturated carbocycles. The molecule has 2 fully saturated rings. The molecule has 2 rings (SSSR count). The van der Waals surface area contributed by atoms with Gasteiger partial charge in [0.25, 0.3) is 0 Å². The highest BCUT2D eigenvalue weighted by Gasteiger charge is 2.37. The van der Waals surface area contributed by atoms with Crippen molar-refractivity contribution in [1.82, 2.24) is 4.90 Å². The van der Waals surface area contributed by atoms with E-state index in [0.29, 0.717) is 6.04 Å². The molecule has 0 radical (unpaired) electrons. The van der Waals surface area contributed by atoms with E-state index in [4.69, 9.17) is 0 Å². The van der Waals surface area contributed by atoms with Crippen molar-refractivity contribution in [2.45, 2.75) is 51.1 Å². The van der Waals surface area contributed by atoms with Crippen LogP contribution in [-0.4, -0.2) is 29.8 Å². The maximum Gasteiger partial charge on any atom is 0.121 e. The first-order valence-electron chi connectivity index (χ1n) is 5.52. The van der Waals surface area contributed by atoms with E-state index in [2.05, 4.69) is 11.8 Å². The van der Waals surface area contributed by atoms with Gasteiger partial charge in [-0.15, -0.1) is 0 Å². The lowest BCUT2D eigenvalue weighted by Gasteiger charge is -2.40. The number of fused-ring (bicyclic) bond motifs is 1. The van der Waals surface area contributed by atoms with Gasteiger partial charge in [-0.25, -0.2) is 0 Å². The lowest BCUT2D eigenvalue weighted by molar-refractivity contribution is -0.109. The van der Waals surface area contributed by atoms with Crippen molar-refractivity contribution in [3.05, 3.63) is 0 Å². The predicted octanol–water partition coefficient (Wildman–Crippen LogP) is 1.84. The average molecular weight is 181 g/mol. The Hall–Kier alpha value is -0.370. The molecule has 2 heteroatoms. The summed E-state index contributed by atoms with van der Waals surface area (Å²) in [6.07, 6.45) is 7.09. The number of hydrogen-bond donors (Lipinski definition) is 0. The van der Waals surface area contributed by atoms with Gasteiger partial charge in [0.15, 0.2) is 0 Å². The monoisotopic (exact) mass is 181 g/mol. The molecule has 0 unspecified atom stereocenters. The fourth-order valence-electron chi connectivity index (χ4n) is 3.06. The van der Waals surface area contributed by atoms with Crippen LogP contribution in [0, 0.1) is 5.92 Å². The minimum Gasteiger partial charge on any atom is -0.303 e. The maximum absolute atomic E-state index is 10.5. The second-order valence-corrected chi connectivity index (χ2v) is 4.56. The van der Waals surface area contributed by atoms with Crippen molar-refractivity contribution in [1.29, 1.82) is 0 Å². The quantitative estimate of drug-likeness (QED) is 0.606. The lowest BCUT2D eigenvalue weighted by atomic mass is 9.86. The molecule has 2 nitrogen and oxygen atoms in total. The SMILES string of the molecule is C[C@@H]1CC[C@@H](CC=O)N2CCC[C@@H]12. The molecular weight excluding hydrogens is 162 g/mol. The van der Waals surface area contributed by atoms with Gasteiger partial charge < -0.3 is 4.79 Å². The van der Waals surface area contributed by atoms with Crippen LogP contribution in [0.5, 0.6) is 0 Å². The third kappa shape index (κ3) is 1.64. The first kappa shape index (κ1) is 9.20. The van der Waals surface area contributed by atoms with Crippen molar-refractivity contribution in [2.24, 2.45) is 5.92 Å². The van der Waals surface area contributed by atoms with Gasteiger partial charge >= 0.3 is 0 Å². The Kier molecular flexibility index (Phi) is 2.68. The highest BCUT2D eigenvalue weighted by molar-refractivity contribution is 5.50. The van der Waals surface area contributed by atoms with Gasteiger partial charge in [-0.3, -0.25) is 4.90 Å². The van der Waals surface area contributed by atoms with Gasteiger partial charge in [0.05, 0.1) is 0 Å². The van der Waals surface area contributed by atoms with E-state index in [1.54, 1.807) is 0 Å². The molecule has 0 aromatic carbocycles. The summed E-state index contributed by atoms with van der Waals surface area (Å²) in [7, 11) is 0. The summed E-state index contributed by atoms with van der Waals surface area (Å²) in [5.74, 6) is 0.852. The normalized spacial score (nSPS) is 40.2. The summed E-state index contributed by atoms with van der Waals surface area (Å²) >= 11 is 0. The van der Waals surface area contributed by atoms with Gasteiger partial charge in [-0.05, 0) is 38.1 Å². The molecule has 2 aliphatic heterocycles. The van der Waals surface area contributed by atoms with E-state index in [1.807, 2.05) is 0 Å². The average Bonchev–Trinajstić information content (AvgIpc) is 2.59. The first-order chi connectivity index (χ1) is 6.33. The third-order valence-electron chi connectivity index (χ3n) is 3.79. The Balaban J connectivity index is 2.03. The molecule has 13 heavy (non-hydrogen) atoms. The number of piperidine rings is 1. The van der Waals surface area contributed by atoms with Crippen LogP contribution in [0.3, 0.4) is 0 Å². The molecule has 2 heterocycles. The summed E-state index contributed by atoms with van der Waals surface area (Å²) in [6, 6.07) is 1.36. The highest BCUT2D eigenvalue weighted by Crippen LogP contribution is 2.35. The summed E-state index contributed by atoms with van der Waals surface area (Å²) < 4.78 is 0. The minimum absolute atomic E-state index is 0.571. The van der Waals surface area contributed by atoms with Crippen molar-refractivity contribution >= 4 is 6.29 Å². The fraction of sp³-hybridized carbons (Fsp3) is 0.909. The molecule has 0 bridgehead atoms. The van der Waals surface area contributed by atoms with Gasteiger partial charge in [0, 0.05) is 18.5 Å². The van der Waals surface area contributed by atoms with Crippen LogP contribution in [0.25, 0.3) is 0 Å².